The van der Waals surface area contributed by atoms with Gasteiger partial charge in [-0.15, -0.1) is 0 Å². The molecule has 180 valence electrons. The third-order valence-electron chi connectivity index (χ3n) is 8.06. The average molecular weight is 460 g/mol. The number of carbonyl (C=O) groups excluding carboxylic acids is 2. The lowest BCUT2D eigenvalue weighted by molar-refractivity contribution is -0.130. The summed E-state index contributed by atoms with van der Waals surface area (Å²) in [5.41, 5.74) is 3.25. The zero-order valence-electron chi connectivity index (χ0n) is 20.0. The molecule has 1 saturated carbocycles. The molecule has 1 aliphatic carbocycles. The molecule has 2 N–H and O–H groups in total. The van der Waals surface area contributed by atoms with Crippen LogP contribution in [0.1, 0.15) is 67.3 Å². The summed E-state index contributed by atoms with van der Waals surface area (Å²) >= 11 is 0. The van der Waals surface area contributed by atoms with Crippen molar-refractivity contribution in [2.24, 2.45) is 5.92 Å². The lowest BCUT2D eigenvalue weighted by Crippen LogP contribution is -2.58. The van der Waals surface area contributed by atoms with Crippen LogP contribution in [0.3, 0.4) is 0 Å². The largest absolute Gasteiger partial charge is 0.380 e. The number of likely N-dealkylation sites (tertiary alicyclic amines) is 1. The first-order chi connectivity index (χ1) is 16.7. The van der Waals surface area contributed by atoms with Gasteiger partial charge >= 0.3 is 0 Å². The molecule has 0 spiro atoms. The second-order valence-corrected chi connectivity index (χ2v) is 10.3. The summed E-state index contributed by atoms with van der Waals surface area (Å²) in [5.74, 6) is 0.649. The number of anilines is 1. The van der Waals surface area contributed by atoms with Crippen LogP contribution in [0.2, 0.25) is 0 Å². The van der Waals surface area contributed by atoms with E-state index in [-0.39, 0.29) is 30.0 Å². The predicted octanol–water partition coefficient (Wildman–Crippen LogP) is 4.83. The summed E-state index contributed by atoms with van der Waals surface area (Å²) in [5, 5.41) is 6.96. The Morgan fingerprint density at radius 2 is 1.56 bits per heavy atom. The summed E-state index contributed by atoms with van der Waals surface area (Å²) in [4.78, 5) is 28.9. The van der Waals surface area contributed by atoms with Crippen molar-refractivity contribution in [1.29, 1.82) is 0 Å². The average Bonchev–Trinajstić information content (AvgIpc) is 2.90. The number of nitrogens with zero attached hydrogens (tertiary/aromatic N) is 1. The minimum atomic E-state index is -0.0813. The number of para-hydroxylation sites is 1. The van der Waals surface area contributed by atoms with Crippen LogP contribution in [0.4, 0.5) is 5.69 Å². The Kier molecular flexibility index (Phi) is 7.29. The van der Waals surface area contributed by atoms with Crippen molar-refractivity contribution in [1.82, 2.24) is 10.2 Å². The van der Waals surface area contributed by atoms with Crippen molar-refractivity contribution in [3.63, 3.8) is 0 Å². The number of piperidine rings is 1. The van der Waals surface area contributed by atoms with E-state index < -0.39 is 0 Å². The van der Waals surface area contributed by atoms with Crippen molar-refractivity contribution in [2.45, 2.75) is 75.9 Å². The van der Waals surface area contributed by atoms with E-state index in [1.54, 1.807) is 0 Å². The Balaban J connectivity index is 1.27. The Bertz CT molecular complexity index is 978. The molecule has 34 heavy (non-hydrogen) atoms. The third-order valence-corrected chi connectivity index (χ3v) is 8.06. The van der Waals surface area contributed by atoms with Crippen LogP contribution in [0.25, 0.3) is 0 Å². The first-order valence-corrected chi connectivity index (χ1v) is 13.2. The van der Waals surface area contributed by atoms with Crippen LogP contribution in [-0.2, 0) is 11.2 Å². The molecule has 0 radical (unpaired) electrons. The topological polar surface area (TPSA) is 61.4 Å². The molecule has 2 heterocycles. The number of benzene rings is 2. The number of hydrogen-bond donors (Lipinski definition) is 2. The number of aryl methyl sites for hydroxylation is 1. The third kappa shape index (κ3) is 5.20. The molecule has 5 nitrogen and oxygen atoms in total. The van der Waals surface area contributed by atoms with Gasteiger partial charge in [0.05, 0.1) is 6.04 Å². The summed E-state index contributed by atoms with van der Waals surface area (Å²) < 4.78 is 0. The highest BCUT2D eigenvalue weighted by molar-refractivity contribution is 5.94. The number of hydrogen-bond acceptors (Lipinski definition) is 4. The molecule has 2 aromatic rings. The number of ketones is 1. The SMILES string of the molecule is O=C(NC1CCN(C(C(=O)C2CCCCC2)C2CCc3ccccc3N2)CC1)c1ccccc1. The summed E-state index contributed by atoms with van der Waals surface area (Å²) in [6, 6.07) is 18.2. The summed E-state index contributed by atoms with van der Waals surface area (Å²) in [6.45, 7) is 1.70. The molecule has 2 aromatic carbocycles. The van der Waals surface area contributed by atoms with Crippen LogP contribution in [0.15, 0.2) is 54.6 Å². The van der Waals surface area contributed by atoms with Crippen LogP contribution >= 0.6 is 0 Å². The number of nitrogens with one attached hydrogen (secondary N) is 2. The molecular formula is C29H37N3O2. The summed E-state index contributed by atoms with van der Waals surface area (Å²) in [6.07, 6.45) is 9.49. The molecule has 5 rings (SSSR count). The standard InChI is InChI=1S/C29H37N3O2/c33-28(22-10-3-1-4-11-22)27(26-16-15-21-9-7-8-14-25(21)31-26)32-19-17-24(18-20-32)30-29(34)23-12-5-2-6-13-23/h2,5-9,12-14,22,24,26-27,31H,1,3-4,10-11,15-20H2,(H,30,34). The maximum Gasteiger partial charge on any atom is 0.251 e. The number of fused-ring (bicyclic) bond motifs is 1. The van der Waals surface area contributed by atoms with E-state index in [4.69, 9.17) is 0 Å². The molecule has 1 saturated heterocycles. The van der Waals surface area contributed by atoms with Crippen LogP contribution in [0.5, 0.6) is 0 Å². The highest BCUT2D eigenvalue weighted by Gasteiger charge is 2.40. The van der Waals surface area contributed by atoms with Crippen LogP contribution in [0, 0.1) is 5.92 Å². The van der Waals surface area contributed by atoms with Gasteiger partial charge in [0.2, 0.25) is 0 Å². The van der Waals surface area contributed by atoms with E-state index in [2.05, 4.69) is 39.8 Å². The normalized spacial score (nSPS) is 22.9. The highest BCUT2D eigenvalue weighted by atomic mass is 16.1. The second kappa shape index (κ2) is 10.7. The molecule has 3 aliphatic rings. The van der Waals surface area contributed by atoms with Gasteiger partial charge in [-0.25, -0.2) is 0 Å². The van der Waals surface area contributed by atoms with Crippen molar-refractivity contribution >= 4 is 17.4 Å². The molecule has 2 atom stereocenters. The zero-order chi connectivity index (χ0) is 23.3. The monoisotopic (exact) mass is 459 g/mol. The minimum Gasteiger partial charge on any atom is -0.380 e. The fourth-order valence-corrected chi connectivity index (χ4v) is 6.14. The van der Waals surface area contributed by atoms with Gasteiger partial charge in [-0.2, -0.15) is 0 Å². The van der Waals surface area contributed by atoms with E-state index in [0.717, 1.165) is 51.6 Å². The van der Waals surface area contributed by atoms with Crippen molar-refractivity contribution in [3.05, 3.63) is 65.7 Å². The number of Topliss-reactive ketones (excluding diaryl/α,β-unsaturated/α-hetero) is 1. The van der Waals surface area contributed by atoms with E-state index >= 15 is 0 Å². The predicted molar refractivity (Wildman–Crippen MR) is 136 cm³/mol. The van der Waals surface area contributed by atoms with Crippen molar-refractivity contribution < 1.29 is 9.59 Å². The number of rotatable bonds is 6. The Hall–Kier alpha value is -2.66. The molecule has 2 fully saturated rings. The van der Waals surface area contributed by atoms with Gasteiger partial charge in [-0.3, -0.25) is 14.5 Å². The van der Waals surface area contributed by atoms with Gasteiger partial charge in [-0.1, -0.05) is 55.7 Å². The maximum absolute atomic E-state index is 13.9. The highest BCUT2D eigenvalue weighted by Crippen LogP contribution is 2.33. The van der Waals surface area contributed by atoms with Gasteiger partial charge in [-0.05, 0) is 62.3 Å². The molecular weight excluding hydrogens is 422 g/mol. The quantitative estimate of drug-likeness (QED) is 0.650. The van der Waals surface area contributed by atoms with E-state index in [0.29, 0.717) is 11.3 Å². The zero-order valence-corrected chi connectivity index (χ0v) is 20.0. The number of amides is 1. The van der Waals surface area contributed by atoms with Crippen LogP contribution < -0.4 is 10.6 Å². The molecule has 2 unspecified atom stereocenters. The lowest BCUT2D eigenvalue weighted by Gasteiger charge is -2.43. The minimum absolute atomic E-state index is 0.000522. The van der Waals surface area contributed by atoms with E-state index in [1.807, 2.05) is 30.3 Å². The van der Waals surface area contributed by atoms with Gasteiger partial charge in [0.1, 0.15) is 0 Å². The first-order valence-electron chi connectivity index (χ1n) is 13.2. The Labute approximate surface area is 203 Å². The van der Waals surface area contributed by atoms with Gasteiger partial charge in [0.25, 0.3) is 5.91 Å². The van der Waals surface area contributed by atoms with E-state index in [1.165, 1.54) is 30.5 Å². The second-order valence-electron chi connectivity index (χ2n) is 10.3. The van der Waals surface area contributed by atoms with Crippen LogP contribution in [-0.4, -0.2) is 47.8 Å². The first kappa shape index (κ1) is 23.1. The summed E-state index contributed by atoms with van der Waals surface area (Å²) in [7, 11) is 0. The van der Waals surface area contributed by atoms with E-state index in [9.17, 15) is 9.59 Å². The Morgan fingerprint density at radius 1 is 0.853 bits per heavy atom. The smallest absolute Gasteiger partial charge is 0.251 e. The number of carbonyl (C=O) groups is 2. The molecule has 2 aliphatic heterocycles. The van der Waals surface area contributed by atoms with Gasteiger partial charge in [0, 0.05) is 42.3 Å². The lowest BCUT2D eigenvalue weighted by atomic mass is 9.79. The fourth-order valence-electron chi connectivity index (χ4n) is 6.14. The van der Waals surface area contributed by atoms with Gasteiger partial charge in [0.15, 0.2) is 5.78 Å². The van der Waals surface area contributed by atoms with Crippen molar-refractivity contribution in [2.75, 3.05) is 18.4 Å². The fraction of sp³-hybridized carbons (Fsp3) is 0.517. The molecule has 0 aromatic heterocycles. The molecule has 0 bridgehead atoms. The molecule has 5 heteroatoms. The Morgan fingerprint density at radius 3 is 2.32 bits per heavy atom. The van der Waals surface area contributed by atoms with Crippen molar-refractivity contribution in [3.8, 4) is 0 Å². The molecule has 1 amide bonds. The van der Waals surface area contributed by atoms with Gasteiger partial charge < -0.3 is 10.6 Å². The maximum atomic E-state index is 13.9.